The quantitative estimate of drug-likeness (QED) is 0.755. The minimum absolute atomic E-state index is 0.0739. The zero-order chi connectivity index (χ0) is 19.4. The van der Waals surface area contributed by atoms with Crippen LogP contribution in [0.3, 0.4) is 0 Å². The van der Waals surface area contributed by atoms with Gasteiger partial charge in [-0.1, -0.05) is 6.07 Å². The lowest BCUT2D eigenvalue weighted by Gasteiger charge is -2.36. The van der Waals surface area contributed by atoms with E-state index < -0.39 is 12.0 Å². The average Bonchev–Trinajstić information content (AvgIpc) is 2.63. The van der Waals surface area contributed by atoms with Crippen molar-refractivity contribution in [2.45, 2.75) is 38.7 Å². The van der Waals surface area contributed by atoms with Crippen molar-refractivity contribution in [3.05, 3.63) is 35.8 Å². The minimum atomic E-state index is -0.570. The van der Waals surface area contributed by atoms with Gasteiger partial charge in [-0.05, 0) is 50.9 Å². The highest BCUT2D eigenvalue weighted by molar-refractivity contribution is 5.96. The molecule has 2 atom stereocenters. The normalized spacial score (nSPS) is 22.2. The van der Waals surface area contributed by atoms with E-state index in [1.54, 1.807) is 25.1 Å². The van der Waals surface area contributed by atoms with Crippen molar-refractivity contribution < 1.29 is 24.2 Å². The molecule has 27 heavy (non-hydrogen) atoms. The maximum atomic E-state index is 11.5. The molecule has 0 bridgehead atoms. The third-order valence-corrected chi connectivity index (χ3v) is 5.07. The first-order valence-corrected chi connectivity index (χ1v) is 9.30. The molecule has 1 aromatic rings. The largest absolute Gasteiger partial charge is 0.457 e. The Morgan fingerprint density at radius 1 is 1.37 bits per heavy atom. The van der Waals surface area contributed by atoms with Crippen molar-refractivity contribution in [3.63, 3.8) is 0 Å². The molecular weight excluding hydrogens is 348 g/mol. The lowest BCUT2D eigenvalue weighted by molar-refractivity contribution is -0.117. The van der Waals surface area contributed by atoms with Crippen LogP contribution in [0.15, 0.2) is 30.2 Å². The van der Waals surface area contributed by atoms with Gasteiger partial charge in [0.15, 0.2) is 11.5 Å². The standard InChI is InChI=1S/C20H26N2O5/c1-13(23)4-3-8-22-9-7-14(17(24)11-22)10-15-12-26-19-16(20(21)25)5-2-6-18(19)27-15/h2,5-6,12,14,17,24H,3-4,7-11H2,1H3,(H2,21,25). The first kappa shape index (κ1) is 19.4. The van der Waals surface area contributed by atoms with Gasteiger partial charge in [-0.25, -0.2) is 0 Å². The summed E-state index contributed by atoms with van der Waals surface area (Å²) in [5, 5.41) is 10.5. The molecule has 3 N–H and O–H groups in total. The Morgan fingerprint density at radius 3 is 2.89 bits per heavy atom. The van der Waals surface area contributed by atoms with Gasteiger partial charge in [0, 0.05) is 19.4 Å². The van der Waals surface area contributed by atoms with Crippen LogP contribution in [-0.2, 0) is 4.79 Å². The number of benzene rings is 1. The van der Waals surface area contributed by atoms with Gasteiger partial charge in [0.1, 0.15) is 17.8 Å². The second-order valence-electron chi connectivity index (χ2n) is 7.23. The number of rotatable bonds is 7. The Bertz CT molecular complexity index is 746. The van der Waals surface area contributed by atoms with Crippen molar-refractivity contribution in [1.29, 1.82) is 0 Å². The molecule has 0 aromatic heterocycles. The fourth-order valence-corrected chi connectivity index (χ4v) is 3.59. The number of carbonyl (C=O) groups excluding carboxylic acids is 2. The molecule has 146 valence electrons. The number of carbonyl (C=O) groups is 2. The predicted molar refractivity (Wildman–Crippen MR) is 99.4 cm³/mol. The minimum Gasteiger partial charge on any atom is -0.457 e. The Hall–Kier alpha value is -2.38. The summed E-state index contributed by atoms with van der Waals surface area (Å²) in [7, 11) is 0. The smallest absolute Gasteiger partial charge is 0.252 e. The number of aliphatic hydroxyl groups excluding tert-OH is 1. The van der Waals surface area contributed by atoms with Gasteiger partial charge in [-0.3, -0.25) is 4.79 Å². The fourth-order valence-electron chi connectivity index (χ4n) is 3.59. The highest BCUT2D eigenvalue weighted by atomic mass is 16.6. The van der Waals surface area contributed by atoms with Crippen molar-refractivity contribution in [3.8, 4) is 11.5 Å². The summed E-state index contributed by atoms with van der Waals surface area (Å²) < 4.78 is 11.4. The van der Waals surface area contributed by atoms with E-state index in [1.165, 1.54) is 6.26 Å². The SMILES string of the molecule is CC(=O)CCCN1CCC(CC2=COc3c(cccc3C(N)=O)O2)C(O)C1. The second kappa shape index (κ2) is 8.54. The van der Waals surface area contributed by atoms with Gasteiger partial charge in [0.25, 0.3) is 5.91 Å². The van der Waals surface area contributed by atoms with E-state index in [-0.39, 0.29) is 17.3 Å². The molecule has 1 fully saturated rings. The number of likely N-dealkylation sites (tertiary alicyclic amines) is 1. The summed E-state index contributed by atoms with van der Waals surface area (Å²) in [6, 6.07) is 5.01. The number of allylic oxidation sites excluding steroid dienone is 1. The molecule has 2 aliphatic rings. The number of hydrogen-bond donors (Lipinski definition) is 2. The number of nitrogens with two attached hydrogens (primary N) is 1. The zero-order valence-electron chi connectivity index (χ0n) is 15.5. The van der Waals surface area contributed by atoms with Gasteiger partial charge in [-0.2, -0.15) is 0 Å². The van der Waals surface area contributed by atoms with Crippen LogP contribution in [0.2, 0.25) is 0 Å². The molecule has 1 saturated heterocycles. The molecule has 2 aliphatic heterocycles. The maximum Gasteiger partial charge on any atom is 0.252 e. The summed E-state index contributed by atoms with van der Waals surface area (Å²) in [5.74, 6) is 1.11. The van der Waals surface area contributed by atoms with E-state index in [9.17, 15) is 14.7 Å². The molecule has 0 spiro atoms. The number of piperidine rings is 1. The van der Waals surface area contributed by atoms with Crippen LogP contribution in [0.5, 0.6) is 11.5 Å². The number of β-amino-alcohol motifs (C(OH)–C–C–N with tert-alkyl or cyclic N) is 1. The highest BCUT2D eigenvalue weighted by Gasteiger charge is 2.30. The van der Waals surface area contributed by atoms with Crippen LogP contribution < -0.4 is 15.2 Å². The first-order valence-electron chi connectivity index (χ1n) is 9.30. The molecule has 2 heterocycles. The number of ether oxygens (including phenoxy) is 2. The molecule has 3 rings (SSSR count). The maximum absolute atomic E-state index is 11.5. The summed E-state index contributed by atoms with van der Waals surface area (Å²) in [4.78, 5) is 24.7. The van der Waals surface area contributed by atoms with Crippen LogP contribution in [0.25, 0.3) is 0 Å². The lowest BCUT2D eigenvalue weighted by atomic mass is 9.90. The molecule has 2 unspecified atom stereocenters. The number of amides is 1. The number of aliphatic hydroxyl groups is 1. The van der Waals surface area contributed by atoms with Gasteiger partial charge < -0.3 is 30.0 Å². The third kappa shape index (κ3) is 4.87. The second-order valence-corrected chi connectivity index (χ2v) is 7.23. The van der Waals surface area contributed by atoms with Crippen LogP contribution in [0.1, 0.15) is 43.0 Å². The van der Waals surface area contributed by atoms with Gasteiger partial charge in [-0.15, -0.1) is 0 Å². The molecule has 0 aliphatic carbocycles. The van der Waals surface area contributed by atoms with Crippen molar-refractivity contribution >= 4 is 11.7 Å². The van der Waals surface area contributed by atoms with E-state index >= 15 is 0 Å². The Kier molecular flexibility index (Phi) is 6.13. The molecule has 0 saturated carbocycles. The number of ketones is 1. The van der Waals surface area contributed by atoms with E-state index in [0.717, 1.165) is 25.9 Å². The van der Waals surface area contributed by atoms with Crippen LogP contribution >= 0.6 is 0 Å². The first-order chi connectivity index (χ1) is 12.9. The Balaban J connectivity index is 1.54. The van der Waals surface area contributed by atoms with Crippen molar-refractivity contribution in [1.82, 2.24) is 4.90 Å². The van der Waals surface area contributed by atoms with Gasteiger partial charge in [0.2, 0.25) is 0 Å². The summed E-state index contributed by atoms with van der Waals surface area (Å²) in [6.45, 7) is 3.91. The summed E-state index contributed by atoms with van der Waals surface area (Å²) in [5.41, 5.74) is 5.63. The summed E-state index contributed by atoms with van der Waals surface area (Å²) >= 11 is 0. The van der Waals surface area contributed by atoms with Crippen LogP contribution in [0.4, 0.5) is 0 Å². The Morgan fingerprint density at radius 2 is 2.19 bits per heavy atom. The van der Waals surface area contributed by atoms with E-state index in [1.807, 2.05) is 0 Å². The topological polar surface area (TPSA) is 102 Å². The Labute approximate surface area is 158 Å². The molecule has 1 amide bonds. The van der Waals surface area contributed by atoms with E-state index in [0.29, 0.717) is 36.6 Å². The summed E-state index contributed by atoms with van der Waals surface area (Å²) in [6.07, 6.45) is 3.84. The number of para-hydroxylation sites is 1. The number of primary amides is 1. The third-order valence-electron chi connectivity index (χ3n) is 5.07. The molecule has 7 heteroatoms. The van der Waals surface area contributed by atoms with E-state index in [4.69, 9.17) is 15.2 Å². The molecule has 1 aromatic carbocycles. The number of fused-ring (bicyclic) bond motifs is 1. The van der Waals surface area contributed by atoms with Crippen molar-refractivity contribution in [2.75, 3.05) is 19.6 Å². The number of hydrogen-bond acceptors (Lipinski definition) is 6. The fraction of sp³-hybridized carbons (Fsp3) is 0.500. The molecular formula is C20H26N2O5. The number of Topliss-reactive ketones (excluding diaryl/α,β-unsaturated/α-hetero) is 1. The van der Waals surface area contributed by atoms with Crippen LogP contribution in [-0.4, -0.2) is 47.4 Å². The average molecular weight is 374 g/mol. The van der Waals surface area contributed by atoms with E-state index in [2.05, 4.69) is 4.90 Å². The predicted octanol–water partition coefficient (Wildman–Crippen LogP) is 1.84. The molecule has 7 nitrogen and oxygen atoms in total. The van der Waals surface area contributed by atoms with Crippen LogP contribution in [0, 0.1) is 5.92 Å². The molecule has 0 radical (unpaired) electrons. The van der Waals surface area contributed by atoms with Gasteiger partial charge in [0.05, 0.1) is 11.7 Å². The monoisotopic (exact) mass is 374 g/mol. The van der Waals surface area contributed by atoms with Gasteiger partial charge >= 0.3 is 0 Å². The zero-order valence-corrected chi connectivity index (χ0v) is 15.5. The highest BCUT2D eigenvalue weighted by Crippen LogP contribution is 2.37. The lowest BCUT2D eigenvalue weighted by Crippen LogP contribution is -2.44. The van der Waals surface area contributed by atoms with Crippen molar-refractivity contribution in [2.24, 2.45) is 11.7 Å². The number of nitrogens with zero attached hydrogens (tertiary/aromatic N) is 1.